The Morgan fingerprint density at radius 3 is 2.58 bits per heavy atom. The van der Waals surface area contributed by atoms with Crippen LogP contribution in [0.5, 0.6) is 0 Å². The summed E-state index contributed by atoms with van der Waals surface area (Å²) in [4.78, 5) is 13.9. The fourth-order valence-electron chi connectivity index (χ4n) is 3.70. The van der Waals surface area contributed by atoms with Gasteiger partial charge in [0.2, 0.25) is 5.91 Å². The highest BCUT2D eigenvalue weighted by Gasteiger charge is 2.32. The summed E-state index contributed by atoms with van der Waals surface area (Å²) >= 11 is 0. The minimum Gasteiger partial charge on any atom is -0.345 e. The van der Waals surface area contributed by atoms with Gasteiger partial charge in [-0.3, -0.25) is 9.52 Å². The molecule has 0 bridgehead atoms. The minimum absolute atomic E-state index is 0.0385. The number of alkyl halides is 1. The van der Waals surface area contributed by atoms with Crippen LogP contribution in [0, 0.1) is 5.82 Å². The van der Waals surface area contributed by atoms with E-state index in [1.807, 2.05) is 0 Å². The van der Waals surface area contributed by atoms with Gasteiger partial charge in [0, 0.05) is 31.1 Å². The molecule has 0 radical (unpaired) electrons. The smallest absolute Gasteiger partial charge is 0.261 e. The van der Waals surface area contributed by atoms with Crippen LogP contribution in [-0.4, -0.2) is 49.1 Å². The van der Waals surface area contributed by atoms with Crippen molar-refractivity contribution >= 4 is 32.5 Å². The van der Waals surface area contributed by atoms with Gasteiger partial charge in [-0.1, -0.05) is 18.2 Å². The summed E-state index contributed by atoms with van der Waals surface area (Å²) in [7, 11) is -3.85. The van der Waals surface area contributed by atoms with Crippen molar-refractivity contribution in [3.63, 3.8) is 0 Å². The quantitative estimate of drug-likeness (QED) is 0.605. The summed E-state index contributed by atoms with van der Waals surface area (Å²) in [6.07, 6.45) is 0.334. The Kier molecular flexibility index (Phi) is 5.67. The van der Waals surface area contributed by atoms with Gasteiger partial charge in [0.25, 0.3) is 10.0 Å². The average molecular weight is 448 g/mol. The molecule has 1 fully saturated rings. The van der Waals surface area contributed by atoms with E-state index in [2.05, 4.69) is 4.72 Å². The number of likely N-dealkylation sites (tertiary alicyclic amines) is 1. The maximum absolute atomic E-state index is 13.9. The van der Waals surface area contributed by atoms with E-state index in [0.29, 0.717) is 10.9 Å². The van der Waals surface area contributed by atoms with E-state index in [4.69, 9.17) is 5.73 Å². The molecule has 0 unspecified atom stereocenters. The van der Waals surface area contributed by atoms with Crippen LogP contribution in [-0.2, 0) is 21.4 Å². The van der Waals surface area contributed by atoms with Crippen LogP contribution in [0.1, 0.15) is 6.42 Å². The van der Waals surface area contributed by atoms with Crippen molar-refractivity contribution in [1.29, 1.82) is 0 Å². The largest absolute Gasteiger partial charge is 0.345 e. The van der Waals surface area contributed by atoms with Crippen molar-refractivity contribution in [2.75, 3.05) is 17.8 Å². The fraction of sp³-hybridized carbons (Fsp3) is 0.286. The second-order valence-electron chi connectivity index (χ2n) is 7.54. The summed E-state index contributed by atoms with van der Waals surface area (Å²) in [5.41, 5.74) is 6.35. The van der Waals surface area contributed by atoms with E-state index in [9.17, 15) is 22.0 Å². The molecule has 0 spiro atoms. The Labute approximate surface area is 178 Å². The van der Waals surface area contributed by atoms with Gasteiger partial charge in [-0.05, 0) is 30.3 Å². The lowest BCUT2D eigenvalue weighted by Crippen LogP contribution is -2.32. The Balaban J connectivity index is 1.58. The SMILES string of the molecule is N[C@@H]1CN(C(=O)CCn2cc(NS(=O)(=O)c3ccccc3)c3ccc(F)cc32)C[C@H]1F. The van der Waals surface area contributed by atoms with Gasteiger partial charge in [0.05, 0.1) is 28.7 Å². The summed E-state index contributed by atoms with van der Waals surface area (Å²) < 4.78 is 57.1. The highest BCUT2D eigenvalue weighted by Crippen LogP contribution is 2.29. The van der Waals surface area contributed by atoms with Gasteiger partial charge >= 0.3 is 0 Å². The Morgan fingerprint density at radius 1 is 1.16 bits per heavy atom. The van der Waals surface area contributed by atoms with E-state index in [1.54, 1.807) is 22.8 Å². The molecule has 1 aromatic heterocycles. The second kappa shape index (κ2) is 8.27. The third-order valence-electron chi connectivity index (χ3n) is 5.35. The molecule has 1 saturated heterocycles. The van der Waals surface area contributed by atoms with E-state index in [0.717, 1.165) is 0 Å². The number of hydrogen-bond acceptors (Lipinski definition) is 4. The number of amides is 1. The van der Waals surface area contributed by atoms with E-state index in [1.165, 1.54) is 41.4 Å². The first kappa shape index (κ1) is 21.3. The third kappa shape index (κ3) is 4.40. The number of sulfonamides is 1. The molecule has 164 valence electrons. The molecule has 3 aromatic rings. The number of benzene rings is 2. The molecule has 3 N–H and O–H groups in total. The Bertz CT molecular complexity index is 1200. The number of nitrogens with one attached hydrogen (secondary N) is 1. The Hall–Kier alpha value is -2.98. The molecule has 0 aliphatic carbocycles. The first-order chi connectivity index (χ1) is 14.7. The summed E-state index contributed by atoms with van der Waals surface area (Å²) in [6, 6.07) is 11.2. The lowest BCUT2D eigenvalue weighted by molar-refractivity contribution is -0.130. The molecular formula is C21H22F2N4O3S. The summed E-state index contributed by atoms with van der Waals surface area (Å²) in [5.74, 6) is -0.748. The molecule has 1 amide bonds. The molecule has 4 rings (SSSR count). The number of anilines is 1. The van der Waals surface area contributed by atoms with E-state index >= 15 is 0 Å². The normalized spacial score (nSPS) is 19.1. The first-order valence-corrected chi connectivity index (χ1v) is 11.3. The number of aryl methyl sites for hydroxylation is 1. The average Bonchev–Trinajstić information content (AvgIpc) is 3.25. The fourth-order valence-corrected chi connectivity index (χ4v) is 4.79. The second-order valence-corrected chi connectivity index (χ2v) is 9.23. The van der Waals surface area contributed by atoms with Gasteiger partial charge in [-0.15, -0.1) is 0 Å². The van der Waals surface area contributed by atoms with Crippen molar-refractivity contribution in [3.05, 3.63) is 60.5 Å². The van der Waals surface area contributed by atoms with Gasteiger partial charge in [0.15, 0.2) is 0 Å². The van der Waals surface area contributed by atoms with Crippen LogP contribution in [0.3, 0.4) is 0 Å². The van der Waals surface area contributed by atoms with Crippen molar-refractivity contribution < 1.29 is 22.0 Å². The lowest BCUT2D eigenvalue weighted by Gasteiger charge is -2.15. The topological polar surface area (TPSA) is 97.4 Å². The highest BCUT2D eigenvalue weighted by atomic mass is 32.2. The highest BCUT2D eigenvalue weighted by molar-refractivity contribution is 7.92. The number of aromatic nitrogens is 1. The molecule has 1 aliphatic heterocycles. The maximum atomic E-state index is 13.9. The number of fused-ring (bicyclic) bond motifs is 1. The number of hydrogen-bond donors (Lipinski definition) is 2. The number of nitrogens with zero attached hydrogens (tertiary/aromatic N) is 2. The van der Waals surface area contributed by atoms with Gasteiger partial charge in [0.1, 0.15) is 12.0 Å². The van der Waals surface area contributed by atoms with Gasteiger partial charge < -0.3 is 15.2 Å². The standard InChI is InChI=1S/C21H22F2N4O3S/c22-14-6-7-16-19(25-31(29,30)15-4-2-1-3-5-15)13-26(20(16)10-14)9-8-21(28)27-11-17(23)18(24)12-27/h1-7,10,13,17-18,25H,8-9,11-12,24H2/t17-,18-/m1/s1. The molecule has 2 atom stereocenters. The third-order valence-corrected chi connectivity index (χ3v) is 6.73. The predicted octanol–water partition coefficient (Wildman–Crippen LogP) is 2.48. The number of carbonyl (C=O) groups excluding carboxylic acids is 1. The zero-order valence-corrected chi connectivity index (χ0v) is 17.4. The van der Waals surface area contributed by atoms with Crippen LogP contribution >= 0.6 is 0 Å². The first-order valence-electron chi connectivity index (χ1n) is 9.78. The molecule has 2 aromatic carbocycles. The molecule has 7 nitrogen and oxygen atoms in total. The summed E-state index contributed by atoms with van der Waals surface area (Å²) in [6.45, 7) is 0.293. The molecule has 0 saturated carbocycles. The van der Waals surface area contributed by atoms with Crippen LogP contribution in [0.25, 0.3) is 10.9 Å². The molecule has 1 aliphatic rings. The van der Waals surface area contributed by atoms with Crippen LogP contribution in [0.15, 0.2) is 59.6 Å². The van der Waals surface area contributed by atoms with Crippen LogP contribution in [0.2, 0.25) is 0 Å². The van der Waals surface area contributed by atoms with Gasteiger partial charge in [-0.2, -0.15) is 0 Å². The minimum atomic E-state index is -3.85. The predicted molar refractivity (Wildman–Crippen MR) is 113 cm³/mol. The van der Waals surface area contributed by atoms with Gasteiger partial charge in [-0.25, -0.2) is 17.2 Å². The molecule has 2 heterocycles. The maximum Gasteiger partial charge on any atom is 0.261 e. The van der Waals surface area contributed by atoms with E-state index < -0.39 is 28.1 Å². The van der Waals surface area contributed by atoms with Crippen molar-refractivity contribution in [2.24, 2.45) is 5.73 Å². The number of carbonyl (C=O) groups is 1. The van der Waals surface area contributed by atoms with Crippen molar-refractivity contribution in [3.8, 4) is 0 Å². The monoisotopic (exact) mass is 448 g/mol. The van der Waals surface area contributed by atoms with Crippen LogP contribution < -0.4 is 10.5 Å². The zero-order valence-electron chi connectivity index (χ0n) is 16.5. The summed E-state index contributed by atoms with van der Waals surface area (Å²) in [5, 5.41) is 0.500. The van der Waals surface area contributed by atoms with Crippen LogP contribution in [0.4, 0.5) is 14.5 Å². The molecule has 10 heteroatoms. The number of rotatable bonds is 6. The molecular weight excluding hydrogens is 426 g/mol. The number of halogens is 2. The van der Waals surface area contributed by atoms with Crippen molar-refractivity contribution in [2.45, 2.75) is 30.1 Å². The lowest BCUT2D eigenvalue weighted by atomic mass is 10.2. The Morgan fingerprint density at radius 2 is 1.90 bits per heavy atom. The van der Waals surface area contributed by atoms with E-state index in [-0.39, 0.29) is 42.5 Å². The number of nitrogens with two attached hydrogens (primary N) is 1. The molecule has 31 heavy (non-hydrogen) atoms. The zero-order chi connectivity index (χ0) is 22.2. The van der Waals surface area contributed by atoms with Crippen molar-refractivity contribution in [1.82, 2.24) is 9.47 Å².